The maximum atomic E-state index is 3.49. The van der Waals surface area contributed by atoms with Crippen molar-refractivity contribution < 1.29 is 18.6 Å². The van der Waals surface area contributed by atoms with Crippen LogP contribution in [0.15, 0.2) is 0 Å². The van der Waals surface area contributed by atoms with Gasteiger partial charge in [0.15, 0.2) is 0 Å². The molecule has 0 aromatic carbocycles. The standard InChI is InChI=1S/C3H7.H3P.V/c1-3-2;;/h1,3H2,2H3;1H3;/q-1;;. The van der Waals surface area contributed by atoms with Gasteiger partial charge in [-0.2, -0.15) is 16.3 Å². The molecule has 0 aliphatic carbocycles. The minimum absolute atomic E-state index is 0. The quantitative estimate of drug-likeness (QED) is 0.340. The molecule has 0 bridgehead atoms. The van der Waals surface area contributed by atoms with Gasteiger partial charge in [-0.05, 0) is 0 Å². The largest absolute Gasteiger partial charge is 0.344 e. The first kappa shape index (κ1) is 16.6. The summed E-state index contributed by atoms with van der Waals surface area (Å²) in [5.74, 6) is 0. The van der Waals surface area contributed by atoms with Crippen LogP contribution in [-0.2, 0) is 18.6 Å². The predicted molar refractivity (Wildman–Crippen MR) is 26.8 cm³/mol. The van der Waals surface area contributed by atoms with Crippen molar-refractivity contribution in [1.29, 1.82) is 0 Å². The summed E-state index contributed by atoms with van der Waals surface area (Å²) in [6.07, 6.45) is 1.00. The van der Waals surface area contributed by atoms with Crippen LogP contribution in [0.25, 0.3) is 0 Å². The summed E-state index contributed by atoms with van der Waals surface area (Å²) in [5, 5.41) is 0. The van der Waals surface area contributed by atoms with E-state index in [2.05, 4.69) is 6.92 Å². The van der Waals surface area contributed by atoms with E-state index in [1.807, 2.05) is 6.92 Å². The second kappa shape index (κ2) is 19.9. The third-order valence-corrected chi connectivity index (χ3v) is 0. The van der Waals surface area contributed by atoms with Gasteiger partial charge in [0.25, 0.3) is 0 Å². The van der Waals surface area contributed by atoms with Crippen LogP contribution in [0.5, 0.6) is 0 Å². The average Bonchev–Trinajstić information content (AvgIpc) is 0.918. The van der Waals surface area contributed by atoms with Crippen molar-refractivity contribution in [2.75, 3.05) is 0 Å². The van der Waals surface area contributed by atoms with Crippen molar-refractivity contribution in [3.63, 3.8) is 0 Å². The van der Waals surface area contributed by atoms with Gasteiger partial charge >= 0.3 is 0 Å². The molecule has 0 nitrogen and oxygen atoms in total. The Balaban J connectivity index is -0.0000000200. The Morgan fingerprint density at radius 3 is 1.60 bits per heavy atom. The molecule has 33 valence electrons. The zero-order valence-corrected chi connectivity index (χ0v) is 6.38. The van der Waals surface area contributed by atoms with Crippen LogP contribution in [0, 0.1) is 6.92 Å². The van der Waals surface area contributed by atoms with Crippen LogP contribution in [0.2, 0.25) is 0 Å². The van der Waals surface area contributed by atoms with Gasteiger partial charge in [-0.25, -0.2) is 0 Å². The maximum Gasteiger partial charge on any atom is 0 e. The van der Waals surface area contributed by atoms with Crippen molar-refractivity contribution in [3.8, 4) is 0 Å². The molecule has 0 heterocycles. The zero-order chi connectivity index (χ0) is 2.71. The molecule has 5 heavy (non-hydrogen) atoms. The van der Waals surface area contributed by atoms with Crippen molar-refractivity contribution in [2.45, 2.75) is 13.3 Å². The number of hydrogen-bond acceptors (Lipinski definition) is 0. The van der Waals surface area contributed by atoms with Crippen LogP contribution >= 0.6 is 9.90 Å². The first-order valence-corrected chi connectivity index (χ1v) is 1.21. The number of hydrogen-bond donors (Lipinski definition) is 0. The molecule has 1 atom stereocenters. The van der Waals surface area contributed by atoms with E-state index < -0.39 is 0 Å². The van der Waals surface area contributed by atoms with Crippen LogP contribution < -0.4 is 0 Å². The second-order valence-electron chi connectivity index (χ2n) is 0.500. The molecule has 1 unspecified atom stereocenters. The fourth-order valence-electron chi connectivity index (χ4n) is 0. The Morgan fingerprint density at radius 2 is 1.60 bits per heavy atom. The monoisotopic (exact) mass is 128 g/mol. The molecule has 0 aromatic heterocycles. The van der Waals surface area contributed by atoms with Crippen LogP contribution in [0.3, 0.4) is 0 Å². The van der Waals surface area contributed by atoms with E-state index in [-0.39, 0.29) is 28.5 Å². The van der Waals surface area contributed by atoms with E-state index in [1.54, 1.807) is 0 Å². The second-order valence-corrected chi connectivity index (χ2v) is 0.500. The molecule has 0 rings (SSSR count). The van der Waals surface area contributed by atoms with Gasteiger partial charge in [0.2, 0.25) is 0 Å². The molecular formula is C3H10PV-. The maximum absolute atomic E-state index is 3.49. The summed E-state index contributed by atoms with van der Waals surface area (Å²) in [7, 11) is 0. The van der Waals surface area contributed by atoms with Crippen LogP contribution in [0.4, 0.5) is 0 Å². The Labute approximate surface area is 49.2 Å². The van der Waals surface area contributed by atoms with E-state index in [9.17, 15) is 0 Å². The summed E-state index contributed by atoms with van der Waals surface area (Å²) >= 11 is 0. The first-order chi connectivity index (χ1) is 1.41. The molecule has 0 amide bonds. The predicted octanol–water partition coefficient (Wildman–Crippen LogP) is 1.29. The average molecular weight is 128 g/mol. The van der Waals surface area contributed by atoms with Crippen molar-refractivity contribution >= 4 is 9.90 Å². The summed E-state index contributed by atoms with van der Waals surface area (Å²) in [6.45, 7) is 5.50. The molecule has 0 saturated carbocycles. The Hall–Kier alpha value is 1.01. The smallest absolute Gasteiger partial charge is 0 e. The van der Waals surface area contributed by atoms with Crippen molar-refractivity contribution in [1.82, 2.24) is 0 Å². The van der Waals surface area contributed by atoms with Crippen LogP contribution in [-0.4, -0.2) is 0 Å². The first-order valence-electron chi connectivity index (χ1n) is 1.21. The number of rotatable bonds is 0. The molecule has 0 spiro atoms. The van der Waals surface area contributed by atoms with E-state index in [4.69, 9.17) is 0 Å². The molecule has 0 N–H and O–H groups in total. The molecule has 0 saturated heterocycles. The summed E-state index contributed by atoms with van der Waals surface area (Å²) in [6, 6.07) is 0. The minimum atomic E-state index is 0. The molecular weight excluding hydrogens is 118 g/mol. The Kier molecular flexibility index (Phi) is 66.3. The fourth-order valence-corrected chi connectivity index (χ4v) is 0. The van der Waals surface area contributed by atoms with Gasteiger partial charge in [-0.15, -0.1) is 0 Å². The van der Waals surface area contributed by atoms with Gasteiger partial charge in [0, 0.05) is 18.6 Å². The van der Waals surface area contributed by atoms with E-state index >= 15 is 0 Å². The van der Waals surface area contributed by atoms with E-state index in [0.29, 0.717) is 0 Å². The zero-order valence-electron chi connectivity index (χ0n) is 3.57. The molecule has 0 aromatic rings. The van der Waals surface area contributed by atoms with Gasteiger partial charge in [0.1, 0.15) is 0 Å². The summed E-state index contributed by atoms with van der Waals surface area (Å²) < 4.78 is 0. The summed E-state index contributed by atoms with van der Waals surface area (Å²) in [5.41, 5.74) is 0. The molecule has 0 aliphatic rings. The third-order valence-electron chi connectivity index (χ3n) is 0. The normalized spacial score (nSPS) is 3.60. The van der Waals surface area contributed by atoms with Crippen molar-refractivity contribution in [2.24, 2.45) is 0 Å². The Bertz CT molecular complexity index is 6.85. The topological polar surface area (TPSA) is 0 Å². The fraction of sp³-hybridized carbons (Fsp3) is 0.667. The van der Waals surface area contributed by atoms with Gasteiger partial charge < -0.3 is 6.92 Å². The molecule has 1 radical (unpaired) electrons. The molecule has 0 fully saturated rings. The van der Waals surface area contributed by atoms with Gasteiger partial charge in [-0.3, -0.25) is 0 Å². The van der Waals surface area contributed by atoms with Crippen molar-refractivity contribution in [3.05, 3.63) is 6.92 Å². The molecule has 0 aliphatic heterocycles. The van der Waals surface area contributed by atoms with E-state index in [0.717, 1.165) is 6.42 Å². The summed E-state index contributed by atoms with van der Waals surface area (Å²) in [4.78, 5) is 0. The van der Waals surface area contributed by atoms with Gasteiger partial charge in [-0.1, -0.05) is 6.92 Å². The minimum Gasteiger partial charge on any atom is -0.344 e. The third kappa shape index (κ3) is 44.3. The Morgan fingerprint density at radius 1 is 1.60 bits per heavy atom. The molecule has 2 heteroatoms. The van der Waals surface area contributed by atoms with Gasteiger partial charge in [0.05, 0.1) is 0 Å². The SMILES string of the molecule is P.[CH2-]CC.[V]. The van der Waals surface area contributed by atoms with Crippen LogP contribution in [0.1, 0.15) is 13.3 Å². The van der Waals surface area contributed by atoms with E-state index in [1.165, 1.54) is 0 Å².